The Morgan fingerprint density at radius 2 is 2.17 bits per heavy atom. The van der Waals surface area contributed by atoms with E-state index in [9.17, 15) is 9.59 Å². The summed E-state index contributed by atoms with van der Waals surface area (Å²) in [6, 6.07) is 6.64. The SMILES string of the molecule is CCC(CNC(=O)c1cccc(Cl)c1)CC(=O)O. The van der Waals surface area contributed by atoms with Crippen molar-refractivity contribution in [3.8, 4) is 0 Å². The fourth-order valence-electron chi connectivity index (χ4n) is 1.58. The Bertz CT molecular complexity index is 434. The summed E-state index contributed by atoms with van der Waals surface area (Å²) < 4.78 is 0. The van der Waals surface area contributed by atoms with Crippen LogP contribution in [0.15, 0.2) is 24.3 Å². The van der Waals surface area contributed by atoms with Crippen LogP contribution < -0.4 is 5.32 Å². The first-order chi connectivity index (χ1) is 8.52. The number of hydrogen-bond donors (Lipinski definition) is 2. The van der Waals surface area contributed by atoms with Crippen molar-refractivity contribution in [1.82, 2.24) is 5.32 Å². The molecule has 0 fully saturated rings. The van der Waals surface area contributed by atoms with Crippen LogP contribution in [0.5, 0.6) is 0 Å². The molecule has 1 unspecified atom stereocenters. The van der Waals surface area contributed by atoms with Crippen LogP contribution in [-0.4, -0.2) is 23.5 Å². The summed E-state index contributed by atoms with van der Waals surface area (Å²) in [4.78, 5) is 22.4. The molecule has 0 aliphatic carbocycles. The monoisotopic (exact) mass is 269 g/mol. The number of aliphatic carboxylic acids is 1. The third-order valence-corrected chi connectivity index (χ3v) is 2.91. The molecular weight excluding hydrogens is 254 g/mol. The maximum Gasteiger partial charge on any atom is 0.303 e. The van der Waals surface area contributed by atoms with Crippen LogP contribution in [-0.2, 0) is 4.79 Å². The third-order valence-electron chi connectivity index (χ3n) is 2.68. The van der Waals surface area contributed by atoms with Gasteiger partial charge in [0.2, 0.25) is 0 Å². The van der Waals surface area contributed by atoms with E-state index in [1.54, 1.807) is 24.3 Å². The van der Waals surface area contributed by atoms with Gasteiger partial charge in [-0.05, 0) is 24.1 Å². The normalized spacial score (nSPS) is 11.9. The lowest BCUT2D eigenvalue weighted by Gasteiger charge is -2.13. The molecule has 18 heavy (non-hydrogen) atoms. The van der Waals surface area contributed by atoms with Crippen molar-refractivity contribution in [3.05, 3.63) is 34.9 Å². The second kappa shape index (κ2) is 7.01. The number of carbonyl (C=O) groups excluding carboxylic acids is 1. The Morgan fingerprint density at radius 3 is 2.72 bits per heavy atom. The highest BCUT2D eigenvalue weighted by molar-refractivity contribution is 6.30. The molecule has 0 aliphatic heterocycles. The predicted molar refractivity (Wildman–Crippen MR) is 69.8 cm³/mol. The number of amides is 1. The lowest BCUT2D eigenvalue weighted by molar-refractivity contribution is -0.138. The van der Waals surface area contributed by atoms with Crippen LogP contribution in [0.4, 0.5) is 0 Å². The van der Waals surface area contributed by atoms with E-state index in [4.69, 9.17) is 16.7 Å². The van der Waals surface area contributed by atoms with Crippen LogP contribution >= 0.6 is 11.6 Å². The summed E-state index contributed by atoms with van der Waals surface area (Å²) >= 11 is 5.79. The molecule has 0 heterocycles. The van der Waals surface area contributed by atoms with Gasteiger partial charge in [-0.25, -0.2) is 0 Å². The Balaban J connectivity index is 2.52. The van der Waals surface area contributed by atoms with Crippen LogP contribution in [0.2, 0.25) is 5.02 Å². The van der Waals surface area contributed by atoms with Gasteiger partial charge in [0.25, 0.3) is 5.91 Å². The Labute approximate surface area is 111 Å². The van der Waals surface area contributed by atoms with Gasteiger partial charge in [0.15, 0.2) is 0 Å². The first kappa shape index (κ1) is 14.5. The number of carboxylic acid groups (broad SMARTS) is 1. The van der Waals surface area contributed by atoms with Crippen molar-refractivity contribution < 1.29 is 14.7 Å². The van der Waals surface area contributed by atoms with E-state index in [0.29, 0.717) is 23.6 Å². The average Bonchev–Trinajstić information content (AvgIpc) is 2.33. The zero-order valence-electron chi connectivity index (χ0n) is 10.1. The molecule has 0 aliphatic rings. The summed E-state index contributed by atoms with van der Waals surface area (Å²) in [5.74, 6) is -1.13. The van der Waals surface area contributed by atoms with Crippen LogP contribution in [0.1, 0.15) is 30.1 Å². The highest BCUT2D eigenvalue weighted by Gasteiger charge is 2.13. The van der Waals surface area contributed by atoms with E-state index in [1.807, 2.05) is 6.92 Å². The molecule has 0 bridgehead atoms. The molecule has 2 N–H and O–H groups in total. The molecule has 98 valence electrons. The van der Waals surface area contributed by atoms with E-state index in [2.05, 4.69) is 5.32 Å². The van der Waals surface area contributed by atoms with E-state index < -0.39 is 5.97 Å². The Hall–Kier alpha value is -1.55. The van der Waals surface area contributed by atoms with Gasteiger partial charge in [0.1, 0.15) is 0 Å². The number of hydrogen-bond acceptors (Lipinski definition) is 2. The molecular formula is C13H16ClNO3. The van der Waals surface area contributed by atoms with Gasteiger partial charge >= 0.3 is 5.97 Å². The van der Waals surface area contributed by atoms with Crippen molar-refractivity contribution in [1.29, 1.82) is 0 Å². The van der Waals surface area contributed by atoms with Gasteiger partial charge in [0.05, 0.1) is 0 Å². The molecule has 1 rings (SSSR count). The van der Waals surface area contributed by atoms with E-state index in [-0.39, 0.29) is 18.2 Å². The van der Waals surface area contributed by atoms with E-state index in [1.165, 1.54) is 0 Å². The molecule has 4 nitrogen and oxygen atoms in total. The molecule has 0 saturated heterocycles. The average molecular weight is 270 g/mol. The summed E-state index contributed by atoms with van der Waals surface area (Å²) in [6.07, 6.45) is 0.772. The Kier molecular flexibility index (Phi) is 5.65. The van der Waals surface area contributed by atoms with Crippen LogP contribution in [0.3, 0.4) is 0 Å². The van der Waals surface area contributed by atoms with Gasteiger partial charge < -0.3 is 10.4 Å². The summed E-state index contributed by atoms with van der Waals surface area (Å²) in [5, 5.41) is 11.9. The maximum atomic E-state index is 11.8. The highest BCUT2D eigenvalue weighted by atomic mass is 35.5. The number of carbonyl (C=O) groups is 2. The van der Waals surface area contributed by atoms with Gasteiger partial charge in [-0.2, -0.15) is 0 Å². The smallest absolute Gasteiger partial charge is 0.303 e. The van der Waals surface area contributed by atoms with Crippen molar-refractivity contribution in [2.24, 2.45) is 5.92 Å². The highest BCUT2D eigenvalue weighted by Crippen LogP contribution is 2.11. The zero-order valence-corrected chi connectivity index (χ0v) is 10.9. The van der Waals surface area contributed by atoms with Gasteiger partial charge in [-0.15, -0.1) is 0 Å². The van der Waals surface area contributed by atoms with Crippen molar-refractivity contribution in [3.63, 3.8) is 0 Å². The molecule has 1 atom stereocenters. The fraction of sp³-hybridized carbons (Fsp3) is 0.385. The first-order valence-electron chi connectivity index (χ1n) is 5.78. The van der Waals surface area contributed by atoms with Gasteiger partial charge in [-0.3, -0.25) is 9.59 Å². The lowest BCUT2D eigenvalue weighted by atomic mass is 10.0. The van der Waals surface area contributed by atoms with Crippen molar-refractivity contribution >= 4 is 23.5 Å². The molecule has 0 spiro atoms. The fourth-order valence-corrected chi connectivity index (χ4v) is 1.77. The topological polar surface area (TPSA) is 66.4 Å². The quantitative estimate of drug-likeness (QED) is 0.834. The maximum absolute atomic E-state index is 11.8. The minimum atomic E-state index is -0.848. The number of nitrogens with one attached hydrogen (secondary N) is 1. The molecule has 0 saturated carbocycles. The van der Waals surface area contributed by atoms with Gasteiger partial charge in [0, 0.05) is 23.6 Å². The van der Waals surface area contributed by atoms with Gasteiger partial charge in [-0.1, -0.05) is 31.0 Å². The minimum absolute atomic E-state index is 0.0503. The molecule has 1 aromatic rings. The molecule has 5 heteroatoms. The zero-order chi connectivity index (χ0) is 13.5. The minimum Gasteiger partial charge on any atom is -0.481 e. The number of rotatable bonds is 6. The first-order valence-corrected chi connectivity index (χ1v) is 6.16. The molecule has 0 radical (unpaired) electrons. The lowest BCUT2D eigenvalue weighted by Crippen LogP contribution is -2.30. The second-order valence-corrected chi connectivity index (χ2v) is 4.53. The van der Waals surface area contributed by atoms with Crippen molar-refractivity contribution in [2.45, 2.75) is 19.8 Å². The number of benzene rings is 1. The summed E-state index contributed by atoms with van der Waals surface area (Å²) in [5.41, 5.74) is 0.479. The number of halogens is 1. The Morgan fingerprint density at radius 1 is 1.44 bits per heavy atom. The summed E-state index contributed by atoms with van der Waals surface area (Å²) in [6.45, 7) is 2.26. The van der Waals surface area contributed by atoms with Crippen molar-refractivity contribution in [2.75, 3.05) is 6.54 Å². The second-order valence-electron chi connectivity index (χ2n) is 4.09. The largest absolute Gasteiger partial charge is 0.481 e. The molecule has 0 aromatic heterocycles. The van der Waals surface area contributed by atoms with E-state index >= 15 is 0 Å². The third kappa shape index (κ3) is 4.75. The summed E-state index contributed by atoms with van der Waals surface area (Å²) in [7, 11) is 0. The standard InChI is InChI=1S/C13H16ClNO3/c1-2-9(6-12(16)17)8-15-13(18)10-4-3-5-11(14)7-10/h3-5,7,9H,2,6,8H2,1H3,(H,15,18)(H,16,17). The van der Waals surface area contributed by atoms with Crippen LogP contribution in [0.25, 0.3) is 0 Å². The van der Waals surface area contributed by atoms with E-state index in [0.717, 1.165) is 0 Å². The molecule has 1 amide bonds. The number of carboxylic acids is 1. The predicted octanol–water partition coefficient (Wildman–Crippen LogP) is 2.57. The van der Waals surface area contributed by atoms with Crippen LogP contribution in [0, 0.1) is 5.92 Å². The molecule has 1 aromatic carbocycles.